The molecule has 0 bridgehead atoms. The Morgan fingerprint density at radius 2 is 2.06 bits per heavy atom. The van der Waals surface area contributed by atoms with E-state index in [1.807, 2.05) is 31.1 Å². The number of benzene rings is 1. The maximum absolute atomic E-state index is 10.1. The number of para-hydroxylation sites is 1. The Bertz CT molecular complexity index is 395. The van der Waals surface area contributed by atoms with Crippen molar-refractivity contribution in [2.24, 2.45) is 0 Å². The summed E-state index contributed by atoms with van der Waals surface area (Å²) in [7, 11) is 3.85. The lowest BCUT2D eigenvalue weighted by atomic mass is 10.1. The van der Waals surface area contributed by atoms with Crippen LogP contribution in [0.25, 0.3) is 0 Å². The summed E-state index contributed by atoms with van der Waals surface area (Å²) in [6.45, 7) is 3.37. The van der Waals surface area contributed by atoms with Gasteiger partial charge in [-0.05, 0) is 43.0 Å². The van der Waals surface area contributed by atoms with Crippen molar-refractivity contribution in [3.8, 4) is 5.75 Å². The van der Waals surface area contributed by atoms with Crippen LogP contribution in [0.5, 0.6) is 5.75 Å². The summed E-state index contributed by atoms with van der Waals surface area (Å²) in [6.07, 6.45) is 0. The van der Waals surface area contributed by atoms with Gasteiger partial charge in [0.2, 0.25) is 0 Å². The fourth-order valence-electron chi connectivity index (χ4n) is 1.91. The molecule has 0 fully saturated rings. The van der Waals surface area contributed by atoms with E-state index >= 15 is 0 Å². The van der Waals surface area contributed by atoms with E-state index in [4.69, 9.17) is 0 Å². The molecular weight excluding hydrogens is 296 g/mol. The van der Waals surface area contributed by atoms with Crippen molar-refractivity contribution in [3.05, 3.63) is 28.2 Å². The molecule has 0 heterocycles. The van der Waals surface area contributed by atoms with Gasteiger partial charge in [0, 0.05) is 25.2 Å². The minimum absolute atomic E-state index is 0.247. The minimum Gasteiger partial charge on any atom is -0.506 e. The highest BCUT2D eigenvalue weighted by Crippen LogP contribution is 2.27. The highest BCUT2D eigenvalue weighted by Gasteiger charge is 2.20. The molecule has 1 aromatic rings. The van der Waals surface area contributed by atoms with Crippen molar-refractivity contribution in [3.63, 3.8) is 0 Å². The topological polar surface area (TPSA) is 55.7 Å². The molecule has 3 N–H and O–H groups in total. The van der Waals surface area contributed by atoms with E-state index < -0.39 is 5.60 Å². The molecule has 0 saturated carbocycles. The van der Waals surface area contributed by atoms with Gasteiger partial charge in [0.05, 0.1) is 10.1 Å². The summed E-state index contributed by atoms with van der Waals surface area (Å²) in [4.78, 5) is 1.94. The van der Waals surface area contributed by atoms with E-state index in [0.29, 0.717) is 24.1 Å². The molecule has 0 aromatic heterocycles. The van der Waals surface area contributed by atoms with E-state index in [-0.39, 0.29) is 5.75 Å². The minimum atomic E-state index is -0.787. The standard InChI is InChI=1S/C13H21BrN2O2/c1-13(18,9-16(2)3)8-15-7-10-5-4-6-11(14)12(10)17/h4-6,15,17-18H,7-9H2,1-3H3. The third kappa shape index (κ3) is 4.94. The molecule has 0 spiro atoms. The Balaban J connectivity index is 2.49. The van der Waals surface area contributed by atoms with Gasteiger partial charge in [0.1, 0.15) is 5.75 Å². The van der Waals surface area contributed by atoms with E-state index in [1.165, 1.54) is 0 Å². The van der Waals surface area contributed by atoms with Gasteiger partial charge >= 0.3 is 0 Å². The predicted molar refractivity (Wildman–Crippen MR) is 76.7 cm³/mol. The molecule has 0 aliphatic heterocycles. The van der Waals surface area contributed by atoms with Crippen molar-refractivity contribution < 1.29 is 10.2 Å². The number of halogens is 1. The number of aromatic hydroxyl groups is 1. The summed E-state index contributed by atoms with van der Waals surface area (Å²) in [5.74, 6) is 0.247. The zero-order chi connectivity index (χ0) is 13.8. The number of phenolic OH excluding ortho intramolecular Hbond substituents is 1. The lowest BCUT2D eigenvalue weighted by Gasteiger charge is -2.27. The van der Waals surface area contributed by atoms with Gasteiger partial charge in [-0.25, -0.2) is 0 Å². The molecule has 102 valence electrons. The zero-order valence-electron chi connectivity index (χ0n) is 11.1. The van der Waals surface area contributed by atoms with Gasteiger partial charge in [-0.15, -0.1) is 0 Å². The number of nitrogens with one attached hydrogen (secondary N) is 1. The fourth-order valence-corrected chi connectivity index (χ4v) is 2.31. The number of phenols is 1. The first-order valence-corrected chi connectivity index (χ1v) is 6.65. The molecule has 0 amide bonds. The van der Waals surface area contributed by atoms with Crippen LogP contribution in [0.3, 0.4) is 0 Å². The molecule has 18 heavy (non-hydrogen) atoms. The van der Waals surface area contributed by atoms with Crippen LogP contribution >= 0.6 is 15.9 Å². The van der Waals surface area contributed by atoms with Crippen LogP contribution in [0.1, 0.15) is 12.5 Å². The molecule has 1 rings (SSSR count). The Kier molecular flexibility index (Phi) is 5.59. The molecule has 5 heteroatoms. The average Bonchev–Trinajstić information content (AvgIpc) is 2.22. The molecule has 1 atom stereocenters. The van der Waals surface area contributed by atoms with Gasteiger partial charge < -0.3 is 20.4 Å². The van der Waals surface area contributed by atoms with Crippen molar-refractivity contribution in [1.29, 1.82) is 0 Å². The largest absolute Gasteiger partial charge is 0.506 e. The smallest absolute Gasteiger partial charge is 0.134 e. The SMILES string of the molecule is CN(C)CC(C)(O)CNCc1cccc(Br)c1O. The van der Waals surface area contributed by atoms with Crippen LogP contribution in [-0.4, -0.2) is 47.9 Å². The van der Waals surface area contributed by atoms with Gasteiger partial charge in [0.25, 0.3) is 0 Å². The molecule has 0 radical (unpaired) electrons. The van der Waals surface area contributed by atoms with Crippen molar-refractivity contribution in [1.82, 2.24) is 10.2 Å². The van der Waals surface area contributed by atoms with Crippen LogP contribution in [-0.2, 0) is 6.54 Å². The number of hydrogen-bond acceptors (Lipinski definition) is 4. The summed E-state index contributed by atoms with van der Waals surface area (Å²) >= 11 is 3.28. The summed E-state index contributed by atoms with van der Waals surface area (Å²) in [5, 5.41) is 23.1. The molecule has 1 aromatic carbocycles. The third-order valence-corrected chi connectivity index (χ3v) is 3.19. The zero-order valence-corrected chi connectivity index (χ0v) is 12.7. The lowest BCUT2D eigenvalue weighted by molar-refractivity contribution is 0.0335. The maximum atomic E-state index is 10.1. The van der Waals surface area contributed by atoms with Crippen LogP contribution in [0.15, 0.2) is 22.7 Å². The first-order valence-electron chi connectivity index (χ1n) is 5.86. The maximum Gasteiger partial charge on any atom is 0.134 e. The molecular formula is C13H21BrN2O2. The summed E-state index contributed by atoms with van der Waals surface area (Å²) in [5.41, 5.74) is 0.0236. The van der Waals surface area contributed by atoms with Gasteiger partial charge in [0.15, 0.2) is 0 Å². The molecule has 4 nitrogen and oxygen atoms in total. The predicted octanol–water partition coefficient (Wildman–Crippen LogP) is 1.56. The Labute approximate surface area is 117 Å². The number of hydrogen-bond donors (Lipinski definition) is 3. The number of likely N-dealkylation sites (N-methyl/N-ethyl adjacent to an activating group) is 1. The molecule has 0 aliphatic carbocycles. The monoisotopic (exact) mass is 316 g/mol. The van der Waals surface area contributed by atoms with Gasteiger partial charge in [-0.3, -0.25) is 0 Å². The second-order valence-electron chi connectivity index (χ2n) is 5.09. The van der Waals surface area contributed by atoms with E-state index in [2.05, 4.69) is 21.2 Å². The van der Waals surface area contributed by atoms with Crippen LogP contribution in [0, 0.1) is 0 Å². The van der Waals surface area contributed by atoms with Gasteiger partial charge in [-0.2, -0.15) is 0 Å². The number of aliphatic hydroxyl groups is 1. The second-order valence-corrected chi connectivity index (χ2v) is 5.94. The second kappa shape index (κ2) is 6.52. The number of rotatable bonds is 6. The molecule has 0 aliphatic rings. The third-order valence-electron chi connectivity index (χ3n) is 2.55. The highest BCUT2D eigenvalue weighted by molar-refractivity contribution is 9.10. The normalized spacial score (nSPS) is 14.8. The highest BCUT2D eigenvalue weighted by atomic mass is 79.9. The lowest BCUT2D eigenvalue weighted by Crippen LogP contribution is -2.45. The summed E-state index contributed by atoms with van der Waals surface area (Å²) in [6, 6.07) is 5.52. The quantitative estimate of drug-likeness (QED) is 0.745. The van der Waals surface area contributed by atoms with Crippen LogP contribution < -0.4 is 5.32 Å². The number of nitrogens with zero attached hydrogens (tertiary/aromatic N) is 1. The van der Waals surface area contributed by atoms with Crippen molar-refractivity contribution >= 4 is 15.9 Å². The first kappa shape index (κ1) is 15.4. The Morgan fingerprint density at radius 3 is 2.67 bits per heavy atom. The fraction of sp³-hybridized carbons (Fsp3) is 0.538. The van der Waals surface area contributed by atoms with E-state index in [9.17, 15) is 10.2 Å². The van der Waals surface area contributed by atoms with Gasteiger partial charge in [-0.1, -0.05) is 12.1 Å². The van der Waals surface area contributed by atoms with Crippen LogP contribution in [0.4, 0.5) is 0 Å². The van der Waals surface area contributed by atoms with Crippen molar-refractivity contribution in [2.45, 2.75) is 19.1 Å². The first-order chi connectivity index (χ1) is 8.32. The Morgan fingerprint density at radius 1 is 1.39 bits per heavy atom. The van der Waals surface area contributed by atoms with Crippen LogP contribution in [0.2, 0.25) is 0 Å². The average molecular weight is 317 g/mol. The summed E-state index contributed by atoms with van der Waals surface area (Å²) < 4.78 is 0.682. The molecule has 1 unspecified atom stereocenters. The van der Waals surface area contributed by atoms with E-state index in [0.717, 1.165) is 5.56 Å². The van der Waals surface area contributed by atoms with E-state index in [1.54, 1.807) is 13.0 Å². The Hall–Kier alpha value is -0.620. The van der Waals surface area contributed by atoms with Crippen molar-refractivity contribution in [2.75, 3.05) is 27.2 Å². The molecule has 0 saturated heterocycles.